The van der Waals surface area contributed by atoms with Gasteiger partial charge in [0.15, 0.2) is 11.4 Å². The van der Waals surface area contributed by atoms with Crippen LogP contribution in [0.25, 0.3) is 0 Å². The van der Waals surface area contributed by atoms with Gasteiger partial charge < -0.3 is 20.5 Å². The summed E-state index contributed by atoms with van der Waals surface area (Å²) in [6.07, 6.45) is 1.14. The zero-order valence-corrected chi connectivity index (χ0v) is 10.9. The number of anilines is 1. The number of imidazole rings is 1. The first kappa shape index (κ1) is 13.6. The number of hydrogen-bond donors (Lipinski definition) is 4. The maximum absolute atomic E-state index is 12.0. The summed E-state index contributed by atoms with van der Waals surface area (Å²) in [6.45, 7) is 3.39. The van der Waals surface area contributed by atoms with Crippen LogP contribution in [-0.2, 0) is 0 Å². The van der Waals surface area contributed by atoms with Crippen LogP contribution >= 0.6 is 0 Å². The number of carbonyl (C=O) groups is 2. The lowest BCUT2D eigenvalue weighted by molar-refractivity contribution is 0.0686. The van der Waals surface area contributed by atoms with Crippen molar-refractivity contribution in [1.29, 1.82) is 0 Å². The monoisotopic (exact) mass is 275 g/mol. The normalized spacial score (nSPS) is 10.3. The number of benzene rings is 1. The first-order chi connectivity index (χ1) is 9.41. The van der Waals surface area contributed by atoms with Crippen LogP contribution in [0.3, 0.4) is 0 Å². The number of nitrogens with zero attached hydrogens (tertiary/aromatic N) is 1. The maximum atomic E-state index is 12.0. The largest absolute Gasteiger partial charge is 0.507 e. The minimum atomic E-state index is -1.27. The summed E-state index contributed by atoms with van der Waals surface area (Å²) in [5.74, 6) is -1.84. The van der Waals surface area contributed by atoms with Gasteiger partial charge in [-0.25, -0.2) is 9.78 Å². The topological polar surface area (TPSA) is 115 Å². The molecule has 0 radical (unpaired) electrons. The Morgan fingerprint density at radius 1 is 1.30 bits per heavy atom. The first-order valence-electron chi connectivity index (χ1n) is 5.79. The zero-order chi connectivity index (χ0) is 14.9. The molecule has 0 unspecified atom stereocenters. The molecular weight excluding hydrogens is 262 g/mol. The van der Waals surface area contributed by atoms with Gasteiger partial charge in [0.25, 0.3) is 5.91 Å². The lowest BCUT2D eigenvalue weighted by Crippen LogP contribution is -2.17. The van der Waals surface area contributed by atoms with E-state index in [1.807, 2.05) is 0 Å². The van der Waals surface area contributed by atoms with Crippen molar-refractivity contribution in [3.8, 4) is 5.75 Å². The molecule has 0 fully saturated rings. The van der Waals surface area contributed by atoms with Gasteiger partial charge in [-0.3, -0.25) is 4.79 Å². The van der Waals surface area contributed by atoms with Crippen molar-refractivity contribution in [1.82, 2.24) is 9.97 Å². The Morgan fingerprint density at radius 2 is 2.00 bits per heavy atom. The van der Waals surface area contributed by atoms with Gasteiger partial charge >= 0.3 is 5.97 Å². The number of phenolic OH excluding ortho intramolecular Hbond substituents is 1. The van der Waals surface area contributed by atoms with Crippen LogP contribution in [0.15, 0.2) is 18.5 Å². The first-order valence-corrected chi connectivity index (χ1v) is 5.79. The van der Waals surface area contributed by atoms with Gasteiger partial charge in [-0.2, -0.15) is 0 Å². The predicted molar refractivity (Wildman–Crippen MR) is 71.1 cm³/mol. The molecule has 0 bridgehead atoms. The zero-order valence-electron chi connectivity index (χ0n) is 10.9. The Labute approximate surface area is 114 Å². The number of phenols is 1. The molecule has 0 aliphatic carbocycles. The molecule has 4 N–H and O–H groups in total. The van der Waals surface area contributed by atoms with Crippen molar-refractivity contribution in [2.24, 2.45) is 0 Å². The van der Waals surface area contributed by atoms with Gasteiger partial charge in [0.1, 0.15) is 5.75 Å². The van der Waals surface area contributed by atoms with Crippen LogP contribution in [0.5, 0.6) is 5.75 Å². The maximum Gasteiger partial charge on any atom is 0.354 e. The summed E-state index contributed by atoms with van der Waals surface area (Å²) in [6, 6.07) is 3.29. The Morgan fingerprint density at radius 3 is 2.65 bits per heavy atom. The number of hydrogen-bond acceptors (Lipinski definition) is 4. The summed E-state index contributed by atoms with van der Waals surface area (Å²) in [4.78, 5) is 29.0. The number of nitrogens with one attached hydrogen (secondary N) is 2. The molecule has 0 aliphatic heterocycles. The van der Waals surface area contributed by atoms with E-state index >= 15 is 0 Å². The number of aromatic hydroxyl groups is 1. The summed E-state index contributed by atoms with van der Waals surface area (Å²) >= 11 is 0. The number of carboxylic acids is 1. The van der Waals surface area contributed by atoms with E-state index < -0.39 is 11.9 Å². The van der Waals surface area contributed by atoms with Crippen molar-refractivity contribution in [3.05, 3.63) is 41.0 Å². The number of aryl methyl sites for hydroxylation is 1. The third-order valence-corrected chi connectivity index (χ3v) is 2.95. The Hall–Kier alpha value is -2.83. The Bertz CT molecular complexity index is 691. The van der Waals surface area contributed by atoms with Crippen LogP contribution in [0, 0.1) is 13.8 Å². The predicted octanol–water partition coefficient (Wildman–Crippen LogP) is 1.68. The molecule has 1 aromatic heterocycles. The standard InChI is InChI=1S/C13H13N3O4/c1-6-3-4-8(7(2)11(6)17)16-12(18)9-10(13(19)20)15-5-14-9/h3-5,17H,1-2H3,(H,14,15)(H,16,18)(H,19,20). The lowest BCUT2D eigenvalue weighted by atomic mass is 10.1. The Balaban J connectivity index is 2.31. The molecule has 0 spiro atoms. The van der Waals surface area contributed by atoms with E-state index in [4.69, 9.17) is 5.11 Å². The molecule has 20 heavy (non-hydrogen) atoms. The van der Waals surface area contributed by atoms with Gasteiger partial charge in [0, 0.05) is 11.3 Å². The molecule has 2 rings (SSSR count). The molecule has 1 amide bonds. The van der Waals surface area contributed by atoms with Crippen LogP contribution in [0.4, 0.5) is 5.69 Å². The Kier molecular flexibility index (Phi) is 3.43. The van der Waals surface area contributed by atoms with Gasteiger partial charge in [0.2, 0.25) is 0 Å². The fourth-order valence-corrected chi connectivity index (χ4v) is 1.78. The molecule has 0 saturated heterocycles. The quantitative estimate of drug-likeness (QED) is 0.680. The highest BCUT2D eigenvalue weighted by Crippen LogP contribution is 2.28. The smallest absolute Gasteiger partial charge is 0.354 e. The molecule has 2 aromatic rings. The number of H-pyrrole nitrogens is 1. The highest BCUT2D eigenvalue weighted by atomic mass is 16.4. The average Bonchev–Trinajstić information content (AvgIpc) is 2.89. The summed E-state index contributed by atoms with van der Waals surface area (Å²) in [7, 11) is 0. The number of aromatic amines is 1. The van der Waals surface area contributed by atoms with E-state index in [0.29, 0.717) is 16.8 Å². The van der Waals surface area contributed by atoms with Gasteiger partial charge in [0.05, 0.1) is 6.33 Å². The van der Waals surface area contributed by atoms with Crippen molar-refractivity contribution in [3.63, 3.8) is 0 Å². The second-order valence-corrected chi connectivity index (χ2v) is 4.29. The highest BCUT2D eigenvalue weighted by Gasteiger charge is 2.20. The minimum absolute atomic E-state index is 0.0864. The molecule has 7 heteroatoms. The number of carbonyl (C=O) groups excluding carboxylic acids is 1. The van der Waals surface area contributed by atoms with Gasteiger partial charge in [-0.05, 0) is 25.5 Å². The SMILES string of the molecule is Cc1ccc(NC(=O)c2nc[nH]c2C(=O)O)c(C)c1O. The third kappa shape index (κ3) is 2.33. The molecule has 0 atom stereocenters. The summed E-state index contributed by atoms with van der Waals surface area (Å²) in [5, 5.41) is 21.3. The van der Waals surface area contributed by atoms with Crippen molar-refractivity contribution in [2.75, 3.05) is 5.32 Å². The van der Waals surface area contributed by atoms with E-state index in [2.05, 4.69) is 15.3 Å². The van der Waals surface area contributed by atoms with E-state index in [-0.39, 0.29) is 17.1 Å². The molecule has 1 aromatic carbocycles. The van der Waals surface area contributed by atoms with E-state index in [0.717, 1.165) is 6.33 Å². The lowest BCUT2D eigenvalue weighted by Gasteiger charge is -2.10. The van der Waals surface area contributed by atoms with Crippen LogP contribution in [0.1, 0.15) is 32.1 Å². The summed E-state index contributed by atoms with van der Waals surface area (Å²) in [5.41, 5.74) is 1.10. The molecule has 104 valence electrons. The number of aromatic nitrogens is 2. The minimum Gasteiger partial charge on any atom is -0.507 e. The number of amides is 1. The van der Waals surface area contributed by atoms with Crippen LogP contribution in [-0.4, -0.2) is 32.1 Å². The number of aromatic carboxylic acids is 1. The van der Waals surface area contributed by atoms with E-state index in [1.54, 1.807) is 26.0 Å². The molecule has 0 aliphatic rings. The van der Waals surface area contributed by atoms with Crippen molar-refractivity contribution >= 4 is 17.6 Å². The summed E-state index contributed by atoms with van der Waals surface area (Å²) < 4.78 is 0. The fourth-order valence-electron chi connectivity index (χ4n) is 1.78. The molecule has 1 heterocycles. The number of rotatable bonds is 3. The average molecular weight is 275 g/mol. The highest BCUT2D eigenvalue weighted by molar-refractivity contribution is 6.09. The van der Waals surface area contributed by atoms with Crippen LogP contribution in [0.2, 0.25) is 0 Å². The molecular formula is C13H13N3O4. The van der Waals surface area contributed by atoms with Gasteiger partial charge in [-0.15, -0.1) is 0 Å². The van der Waals surface area contributed by atoms with E-state index in [1.165, 1.54) is 0 Å². The van der Waals surface area contributed by atoms with Crippen LogP contribution < -0.4 is 5.32 Å². The second-order valence-electron chi connectivity index (χ2n) is 4.29. The van der Waals surface area contributed by atoms with Gasteiger partial charge in [-0.1, -0.05) is 6.07 Å². The van der Waals surface area contributed by atoms with E-state index in [9.17, 15) is 14.7 Å². The number of carboxylic acid groups (broad SMARTS) is 1. The fraction of sp³-hybridized carbons (Fsp3) is 0.154. The second kappa shape index (κ2) is 5.04. The third-order valence-electron chi connectivity index (χ3n) is 2.95. The van der Waals surface area contributed by atoms with Crippen molar-refractivity contribution < 1.29 is 19.8 Å². The molecule has 7 nitrogen and oxygen atoms in total. The van der Waals surface area contributed by atoms with Crippen molar-refractivity contribution in [2.45, 2.75) is 13.8 Å². The molecule has 0 saturated carbocycles.